The second kappa shape index (κ2) is 6.82. The fraction of sp³-hybridized carbons (Fsp3) is 0.667. The van der Waals surface area contributed by atoms with Gasteiger partial charge in [0.15, 0.2) is 0 Å². The summed E-state index contributed by atoms with van der Waals surface area (Å²) in [6.07, 6.45) is 2.05. The Morgan fingerprint density at radius 3 is 3.28 bits per heavy atom. The molecule has 0 aromatic carbocycles. The Bertz CT molecular complexity index is 368. The van der Waals surface area contributed by atoms with Gasteiger partial charge in [-0.1, -0.05) is 0 Å². The Morgan fingerprint density at radius 2 is 2.56 bits per heavy atom. The molecular weight excluding hydrogens is 248 g/mol. The van der Waals surface area contributed by atoms with Crippen LogP contribution in [0.4, 0.5) is 0 Å². The topological polar surface area (TPSA) is 71.2 Å². The highest BCUT2D eigenvalue weighted by molar-refractivity contribution is 7.07. The Balaban J connectivity index is 1.82. The van der Waals surface area contributed by atoms with Crippen LogP contribution < -0.4 is 11.1 Å². The van der Waals surface area contributed by atoms with Crippen molar-refractivity contribution in [2.75, 3.05) is 26.2 Å². The Hall–Kier alpha value is -0.980. The molecule has 0 spiro atoms. The van der Waals surface area contributed by atoms with E-state index in [4.69, 9.17) is 5.73 Å². The van der Waals surface area contributed by atoms with E-state index in [1.54, 1.807) is 11.3 Å². The summed E-state index contributed by atoms with van der Waals surface area (Å²) in [5.74, 6) is 0.243. The van der Waals surface area contributed by atoms with Gasteiger partial charge in [0, 0.05) is 31.6 Å². The molecule has 1 amide bonds. The van der Waals surface area contributed by atoms with Gasteiger partial charge in [-0.05, 0) is 19.4 Å². The van der Waals surface area contributed by atoms with Crippen molar-refractivity contribution in [2.45, 2.75) is 19.4 Å². The fourth-order valence-corrected chi connectivity index (χ4v) is 2.85. The highest BCUT2D eigenvalue weighted by Gasteiger charge is 2.25. The van der Waals surface area contributed by atoms with Gasteiger partial charge in [-0.2, -0.15) is 0 Å². The SMILES string of the molecule is NCCNC(=O)C1CCCN(Cc2cscn2)C1. The lowest BCUT2D eigenvalue weighted by molar-refractivity contribution is -0.126. The van der Waals surface area contributed by atoms with Crippen molar-refractivity contribution < 1.29 is 4.79 Å². The molecule has 0 saturated carbocycles. The van der Waals surface area contributed by atoms with Crippen LogP contribution in [0.3, 0.4) is 0 Å². The van der Waals surface area contributed by atoms with Gasteiger partial charge in [0.25, 0.3) is 0 Å². The van der Waals surface area contributed by atoms with Crippen molar-refractivity contribution in [2.24, 2.45) is 11.7 Å². The van der Waals surface area contributed by atoms with Crippen molar-refractivity contribution in [3.8, 4) is 0 Å². The zero-order valence-electron chi connectivity index (χ0n) is 10.5. The minimum absolute atomic E-state index is 0.101. The van der Waals surface area contributed by atoms with Gasteiger partial charge in [-0.3, -0.25) is 9.69 Å². The molecule has 2 rings (SSSR count). The molecule has 0 radical (unpaired) electrons. The lowest BCUT2D eigenvalue weighted by Gasteiger charge is -2.31. The van der Waals surface area contributed by atoms with Crippen LogP contribution in [0.1, 0.15) is 18.5 Å². The number of carbonyl (C=O) groups is 1. The van der Waals surface area contributed by atoms with Crippen LogP contribution in [0, 0.1) is 5.92 Å². The summed E-state index contributed by atoms with van der Waals surface area (Å²) < 4.78 is 0. The van der Waals surface area contributed by atoms with Crippen LogP contribution in [0.25, 0.3) is 0 Å². The molecule has 1 saturated heterocycles. The predicted molar refractivity (Wildman–Crippen MR) is 72.2 cm³/mol. The maximum absolute atomic E-state index is 11.9. The van der Waals surface area contributed by atoms with Gasteiger partial charge in [-0.15, -0.1) is 11.3 Å². The van der Waals surface area contributed by atoms with Crippen molar-refractivity contribution in [1.29, 1.82) is 0 Å². The number of carbonyl (C=O) groups excluding carboxylic acids is 1. The monoisotopic (exact) mass is 268 g/mol. The Kier molecular flexibility index (Phi) is 5.10. The molecule has 1 fully saturated rings. The predicted octanol–water partition coefficient (Wildman–Crippen LogP) is 0.430. The van der Waals surface area contributed by atoms with Gasteiger partial charge in [-0.25, -0.2) is 4.98 Å². The van der Waals surface area contributed by atoms with Crippen molar-refractivity contribution in [3.63, 3.8) is 0 Å². The molecule has 5 nitrogen and oxygen atoms in total. The van der Waals surface area contributed by atoms with E-state index < -0.39 is 0 Å². The average Bonchev–Trinajstić information content (AvgIpc) is 2.89. The summed E-state index contributed by atoms with van der Waals surface area (Å²) in [5, 5.41) is 4.94. The third-order valence-electron chi connectivity index (χ3n) is 3.19. The van der Waals surface area contributed by atoms with E-state index in [2.05, 4.69) is 20.6 Å². The van der Waals surface area contributed by atoms with E-state index in [9.17, 15) is 4.79 Å². The number of aromatic nitrogens is 1. The summed E-state index contributed by atoms with van der Waals surface area (Å²) in [7, 11) is 0. The number of amides is 1. The van der Waals surface area contributed by atoms with Crippen LogP contribution in [-0.2, 0) is 11.3 Å². The molecular formula is C12H20N4OS. The molecule has 2 heterocycles. The summed E-state index contributed by atoms with van der Waals surface area (Å²) in [6.45, 7) is 3.80. The lowest BCUT2D eigenvalue weighted by atomic mass is 9.97. The Labute approximate surface area is 111 Å². The summed E-state index contributed by atoms with van der Waals surface area (Å²) in [5.41, 5.74) is 8.34. The number of rotatable bonds is 5. The van der Waals surface area contributed by atoms with E-state index >= 15 is 0 Å². The largest absolute Gasteiger partial charge is 0.355 e. The number of nitrogens with zero attached hydrogens (tertiary/aromatic N) is 2. The molecule has 3 N–H and O–H groups in total. The van der Waals surface area contributed by atoms with Gasteiger partial charge < -0.3 is 11.1 Å². The number of piperidine rings is 1. The fourth-order valence-electron chi connectivity index (χ4n) is 2.30. The standard InChI is InChI=1S/C12H20N4OS/c13-3-4-14-12(17)10-2-1-5-16(6-10)7-11-8-18-9-15-11/h8-10H,1-7,13H2,(H,14,17). The second-order valence-corrected chi connectivity index (χ2v) is 5.35. The van der Waals surface area contributed by atoms with Gasteiger partial charge in [0.1, 0.15) is 0 Å². The number of likely N-dealkylation sites (tertiary alicyclic amines) is 1. The van der Waals surface area contributed by atoms with Gasteiger partial charge in [0.05, 0.1) is 17.1 Å². The molecule has 1 aliphatic heterocycles. The first-order chi connectivity index (χ1) is 8.79. The molecule has 18 heavy (non-hydrogen) atoms. The molecule has 0 aliphatic carbocycles. The third kappa shape index (κ3) is 3.76. The molecule has 100 valence electrons. The number of thiazole rings is 1. The first kappa shape index (κ1) is 13.5. The molecule has 1 aromatic rings. The Morgan fingerprint density at radius 1 is 1.67 bits per heavy atom. The van der Waals surface area contributed by atoms with E-state index in [-0.39, 0.29) is 11.8 Å². The number of nitrogens with one attached hydrogen (secondary N) is 1. The molecule has 0 bridgehead atoms. The molecule has 1 aliphatic rings. The molecule has 1 atom stereocenters. The van der Waals surface area contributed by atoms with Crippen LogP contribution in [0.5, 0.6) is 0 Å². The smallest absolute Gasteiger partial charge is 0.224 e. The third-order valence-corrected chi connectivity index (χ3v) is 3.82. The normalized spacial score (nSPS) is 20.8. The molecule has 1 aromatic heterocycles. The van der Waals surface area contributed by atoms with E-state index in [1.807, 2.05) is 5.51 Å². The minimum Gasteiger partial charge on any atom is -0.355 e. The average molecular weight is 268 g/mol. The number of nitrogens with two attached hydrogens (primary N) is 1. The van der Waals surface area contributed by atoms with E-state index in [1.165, 1.54) is 0 Å². The quantitative estimate of drug-likeness (QED) is 0.812. The van der Waals surface area contributed by atoms with Crippen LogP contribution in [0.15, 0.2) is 10.9 Å². The second-order valence-electron chi connectivity index (χ2n) is 4.63. The van der Waals surface area contributed by atoms with Crippen LogP contribution in [0.2, 0.25) is 0 Å². The summed E-state index contributed by atoms with van der Waals surface area (Å²) >= 11 is 1.62. The zero-order chi connectivity index (χ0) is 12.8. The van der Waals surface area contributed by atoms with Crippen molar-refractivity contribution in [3.05, 3.63) is 16.6 Å². The minimum atomic E-state index is 0.101. The van der Waals surface area contributed by atoms with E-state index in [0.29, 0.717) is 13.1 Å². The van der Waals surface area contributed by atoms with Gasteiger partial charge >= 0.3 is 0 Å². The molecule has 1 unspecified atom stereocenters. The number of hydrogen-bond acceptors (Lipinski definition) is 5. The maximum Gasteiger partial charge on any atom is 0.224 e. The number of hydrogen-bond donors (Lipinski definition) is 2. The maximum atomic E-state index is 11.9. The summed E-state index contributed by atoms with van der Waals surface area (Å²) in [6, 6.07) is 0. The van der Waals surface area contributed by atoms with Crippen molar-refractivity contribution in [1.82, 2.24) is 15.2 Å². The lowest BCUT2D eigenvalue weighted by Crippen LogP contribution is -2.43. The van der Waals surface area contributed by atoms with Crippen molar-refractivity contribution >= 4 is 17.2 Å². The first-order valence-corrected chi connectivity index (χ1v) is 7.31. The van der Waals surface area contributed by atoms with Crippen LogP contribution in [-0.4, -0.2) is 42.0 Å². The highest BCUT2D eigenvalue weighted by Crippen LogP contribution is 2.18. The summed E-state index contributed by atoms with van der Waals surface area (Å²) in [4.78, 5) is 18.5. The zero-order valence-corrected chi connectivity index (χ0v) is 11.3. The van der Waals surface area contributed by atoms with Gasteiger partial charge in [0.2, 0.25) is 5.91 Å². The van der Waals surface area contributed by atoms with Crippen LogP contribution >= 0.6 is 11.3 Å². The van der Waals surface area contributed by atoms with E-state index in [0.717, 1.165) is 38.2 Å². The highest BCUT2D eigenvalue weighted by atomic mass is 32.1. The first-order valence-electron chi connectivity index (χ1n) is 6.37. The molecule has 6 heteroatoms.